The molecule has 3 rings (SSSR count). The van der Waals surface area contributed by atoms with Crippen LogP contribution in [0, 0.1) is 5.92 Å². The van der Waals surface area contributed by atoms with Crippen LogP contribution in [-0.4, -0.2) is 40.2 Å². The highest BCUT2D eigenvalue weighted by Crippen LogP contribution is 2.39. The van der Waals surface area contributed by atoms with Crippen LogP contribution in [0.4, 0.5) is 0 Å². The van der Waals surface area contributed by atoms with Crippen LogP contribution in [-0.2, 0) is 6.42 Å². The average molecular weight is 260 g/mol. The van der Waals surface area contributed by atoms with Gasteiger partial charge in [0.15, 0.2) is 0 Å². The van der Waals surface area contributed by atoms with Crippen molar-refractivity contribution in [2.75, 3.05) is 19.6 Å². The summed E-state index contributed by atoms with van der Waals surface area (Å²) in [5.41, 5.74) is 0.826. The topological polar surface area (TPSA) is 36.4 Å². The van der Waals surface area contributed by atoms with Gasteiger partial charge in [-0.1, -0.05) is 18.9 Å². The Morgan fingerprint density at radius 2 is 2.26 bits per heavy atom. The number of pyridine rings is 1. The highest BCUT2D eigenvalue weighted by atomic mass is 16.3. The lowest BCUT2D eigenvalue weighted by Gasteiger charge is -2.47. The van der Waals surface area contributed by atoms with Crippen molar-refractivity contribution in [2.24, 2.45) is 5.92 Å². The van der Waals surface area contributed by atoms with E-state index < -0.39 is 0 Å². The maximum Gasteiger partial charge on any atom is 0.0700 e. The van der Waals surface area contributed by atoms with Crippen LogP contribution in [0.2, 0.25) is 0 Å². The molecule has 1 aromatic heterocycles. The lowest BCUT2D eigenvalue weighted by Crippen LogP contribution is -2.53. The Bertz CT molecular complexity index is 408. The van der Waals surface area contributed by atoms with Crippen molar-refractivity contribution in [3.05, 3.63) is 30.1 Å². The lowest BCUT2D eigenvalue weighted by atomic mass is 9.71. The van der Waals surface area contributed by atoms with Crippen molar-refractivity contribution in [3.8, 4) is 0 Å². The van der Waals surface area contributed by atoms with Crippen LogP contribution >= 0.6 is 0 Å². The van der Waals surface area contributed by atoms with E-state index in [9.17, 15) is 5.11 Å². The van der Waals surface area contributed by atoms with Crippen LogP contribution in [0.25, 0.3) is 0 Å². The standard InChI is InChI=1S/C16H24N2O/c19-16-8-3-1-5-14(16)13-18(12-9-16)11-7-15-6-2-4-10-17-15/h2,4,6,10,14,19H,1,3,5,7-9,11-13H2. The van der Waals surface area contributed by atoms with E-state index in [0.29, 0.717) is 5.92 Å². The van der Waals surface area contributed by atoms with Gasteiger partial charge in [-0.2, -0.15) is 0 Å². The number of hydrogen-bond donors (Lipinski definition) is 1. The molecule has 2 unspecified atom stereocenters. The lowest BCUT2D eigenvalue weighted by molar-refractivity contribution is -0.0950. The summed E-state index contributed by atoms with van der Waals surface area (Å²) in [5, 5.41) is 10.7. The zero-order valence-electron chi connectivity index (χ0n) is 11.6. The summed E-state index contributed by atoms with van der Waals surface area (Å²) in [6.07, 6.45) is 8.57. The molecule has 1 saturated heterocycles. The van der Waals surface area contributed by atoms with Gasteiger partial charge in [0.05, 0.1) is 5.60 Å². The summed E-state index contributed by atoms with van der Waals surface area (Å²) in [6, 6.07) is 6.12. The third-order valence-electron chi connectivity index (χ3n) is 4.92. The summed E-state index contributed by atoms with van der Waals surface area (Å²) in [5.74, 6) is 0.499. The number of likely N-dealkylation sites (tertiary alicyclic amines) is 1. The van der Waals surface area contributed by atoms with Crippen LogP contribution in [0.1, 0.15) is 37.8 Å². The van der Waals surface area contributed by atoms with Gasteiger partial charge in [-0.05, 0) is 31.4 Å². The Hall–Kier alpha value is -0.930. The molecule has 0 amide bonds. The fourth-order valence-corrected chi connectivity index (χ4v) is 3.66. The number of piperidine rings is 1. The van der Waals surface area contributed by atoms with Crippen molar-refractivity contribution < 1.29 is 5.11 Å². The molecule has 0 spiro atoms. The molecule has 2 atom stereocenters. The van der Waals surface area contributed by atoms with Crippen LogP contribution in [0.3, 0.4) is 0 Å². The van der Waals surface area contributed by atoms with Crippen LogP contribution in [0.15, 0.2) is 24.4 Å². The smallest absolute Gasteiger partial charge is 0.0700 e. The van der Waals surface area contributed by atoms with E-state index in [-0.39, 0.29) is 5.60 Å². The van der Waals surface area contributed by atoms with Gasteiger partial charge in [0.2, 0.25) is 0 Å². The van der Waals surface area contributed by atoms with Crippen molar-refractivity contribution in [1.82, 2.24) is 9.88 Å². The minimum Gasteiger partial charge on any atom is -0.390 e. The molecule has 2 heterocycles. The zero-order valence-corrected chi connectivity index (χ0v) is 11.6. The molecule has 0 aromatic carbocycles. The molecular formula is C16H24N2O. The molecule has 1 aromatic rings. The highest BCUT2D eigenvalue weighted by Gasteiger charge is 2.42. The molecule has 104 valence electrons. The predicted molar refractivity (Wildman–Crippen MR) is 75.9 cm³/mol. The van der Waals surface area contributed by atoms with E-state index in [4.69, 9.17) is 0 Å². The van der Waals surface area contributed by atoms with E-state index in [1.807, 2.05) is 12.3 Å². The van der Waals surface area contributed by atoms with Crippen molar-refractivity contribution >= 4 is 0 Å². The van der Waals surface area contributed by atoms with Crippen LogP contribution < -0.4 is 0 Å². The molecule has 1 N–H and O–H groups in total. The van der Waals surface area contributed by atoms with E-state index >= 15 is 0 Å². The van der Waals surface area contributed by atoms with Crippen molar-refractivity contribution in [3.63, 3.8) is 0 Å². The number of aliphatic hydroxyl groups is 1. The first-order valence-electron chi connectivity index (χ1n) is 7.61. The second kappa shape index (κ2) is 5.59. The zero-order chi connectivity index (χ0) is 13.1. The Balaban J connectivity index is 1.54. The second-order valence-corrected chi connectivity index (χ2v) is 6.17. The molecule has 19 heavy (non-hydrogen) atoms. The molecular weight excluding hydrogens is 236 g/mol. The summed E-state index contributed by atoms with van der Waals surface area (Å²) < 4.78 is 0. The summed E-state index contributed by atoms with van der Waals surface area (Å²) >= 11 is 0. The third kappa shape index (κ3) is 2.98. The molecule has 1 aliphatic heterocycles. The number of aromatic nitrogens is 1. The molecule has 1 saturated carbocycles. The van der Waals surface area contributed by atoms with Gasteiger partial charge < -0.3 is 10.0 Å². The number of rotatable bonds is 3. The first kappa shape index (κ1) is 13.1. The van der Waals surface area contributed by atoms with E-state index in [2.05, 4.69) is 22.0 Å². The number of hydrogen-bond acceptors (Lipinski definition) is 3. The molecule has 1 aliphatic carbocycles. The number of nitrogens with zero attached hydrogens (tertiary/aromatic N) is 2. The third-order valence-corrected chi connectivity index (χ3v) is 4.92. The van der Waals surface area contributed by atoms with Crippen molar-refractivity contribution in [1.29, 1.82) is 0 Å². The predicted octanol–water partition coefficient (Wildman–Crippen LogP) is 2.25. The largest absolute Gasteiger partial charge is 0.390 e. The van der Waals surface area contributed by atoms with Crippen molar-refractivity contribution in [2.45, 2.75) is 44.1 Å². The minimum absolute atomic E-state index is 0.347. The Morgan fingerprint density at radius 1 is 1.32 bits per heavy atom. The van der Waals surface area contributed by atoms with E-state index in [0.717, 1.165) is 38.9 Å². The fourth-order valence-electron chi connectivity index (χ4n) is 3.66. The monoisotopic (exact) mass is 260 g/mol. The summed E-state index contributed by atoms with van der Waals surface area (Å²) in [4.78, 5) is 6.90. The molecule has 3 heteroatoms. The molecule has 2 aliphatic rings. The molecule has 0 bridgehead atoms. The SMILES string of the molecule is OC12CCCCC1CN(CCc1ccccn1)CC2. The fraction of sp³-hybridized carbons (Fsp3) is 0.688. The Kier molecular flexibility index (Phi) is 3.85. The normalized spacial score (nSPS) is 31.9. The van der Waals surface area contributed by atoms with Gasteiger partial charge >= 0.3 is 0 Å². The Morgan fingerprint density at radius 3 is 3.11 bits per heavy atom. The minimum atomic E-state index is -0.347. The first-order chi connectivity index (χ1) is 9.26. The van der Waals surface area contributed by atoms with E-state index in [1.165, 1.54) is 25.0 Å². The first-order valence-corrected chi connectivity index (χ1v) is 7.61. The van der Waals surface area contributed by atoms with Crippen LogP contribution in [0.5, 0.6) is 0 Å². The van der Waals surface area contributed by atoms with Gasteiger partial charge in [-0.25, -0.2) is 0 Å². The summed E-state index contributed by atoms with van der Waals surface area (Å²) in [7, 11) is 0. The van der Waals surface area contributed by atoms with Gasteiger partial charge in [0.1, 0.15) is 0 Å². The Labute approximate surface area is 115 Å². The maximum absolute atomic E-state index is 10.7. The van der Waals surface area contributed by atoms with Gasteiger partial charge in [0, 0.05) is 43.9 Å². The molecule has 2 fully saturated rings. The van der Waals surface area contributed by atoms with Gasteiger partial charge in [-0.15, -0.1) is 0 Å². The second-order valence-electron chi connectivity index (χ2n) is 6.17. The van der Waals surface area contributed by atoms with Gasteiger partial charge in [0.25, 0.3) is 0 Å². The van der Waals surface area contributed by atoms with E-state index in [1.54, 1.807) is 0 Å². The molecule has 3 nitrogen and oxygen atoms in total. The average Bonchev–Trinajstić information content (AvgIpc) is 2.46. The summed E-state index contributed by atoms with van der Waals surface area (Å²) in [6.45, 7) is 3.19. The van der Waals surface area contributed by atoms with Gasteiger partial charge in [-0.3, -0.25) is 4.98 Å². The number of fused-ring (bicyclic) bond motifs is 1. The quantitative estimate of drug-likeness (QED) is 0.905. The highest BCUT2D eigenvalue weighted by molar-refractivity contribution is 5.04. The molecule has 0 radical (unpaired) electrons. The maximum atomic E-state index is 10.7.